The van der Waals surface area contributed by atoms with E-state index in [2.05, 4.69) is 6.92 Å². The highest BCUT2D eigenvalue weighted by Gasteiger charge is 2.22. The van der Waals surface area contributed by atoms with Crippen LogP contribution in [0.2, 0.25) is 0 Å². The fourth-order valence-electron chi connectivity index (χ4n) is 1.05. The second-order valence-corrected chi connectivity index (χ2v) is 9.20. The van der Waals surface area contributed by atoms with Crippen molar-refractivity contribution in [2.45, 2.75) is 33.1 Å². The molecule has 0 aliphatic rings. The zero-order valence-corrected chi connectivity index (χ0v) is 11.0. The van der Waals surface area contributed by atoms with E-state index in [0.717, 1.165) is 11.9 Å². The Labute approximate surface area is 86.6 Å². The maximum Gasteiger partial charge on any atom is 0.202 e. The molecule has 0 aliphatic heterocycles. The average Bonchev–Trinajstić information content (AvgIpc) is 2.12. The minimum absolute atomic E-state index is 0.775. The molecule has 0 radical (unpaired) electrons. The molecule has 0 saturated carbocycles. The van der Waals surface area contributed by atoms with Gasteiger partial charge in [-0.1, -0.05) is 38.1 Å². The van der Waals surface area contributed by atoms with E-state index in [9.17, 15) is 4.57 Å². The van der Waals surface area contributed by atoms with E-state index in [1.54, 1.807) is 11.4 Å². The predicted octanol–water partition coefficient (Wildman–Crippen LogP) is 3.68. The maximum absolute atomic E-state index is 12.1. The van der Waals surface area contributed by atoms with Gasteiger partial charge < -0.3 is 0 Å². The third-order valence-corrected chi connectivity index (χ3v) is 8.46. The van der Waals surface area contributed by atoms with E-state index < -0.39 is 6.49 Å². The lowest BCUT2D eigenvalue weighted by atomic mass is 10.3. The fourth-order valence-corrected chi connectivity index (χ4v) is 5.13. The molecule has 2 nitrogen and oxygen atoms in total. The first kappa shape index (κ1) is 13.5. The highest BCUT2D eigenvalue weighted by molar-refractivity contribution is 8.57. The molecule has 0 N–H and O–H groups in total. The fraction of sp³-hybridized carbons (Fsp3) is 1.00. The third kappa shape index (κ3) is 5.09. The summed E-state index contributed by atoms with van der Waals surface area (Å²) in [5, 5.41) is 0. The summed E-state index contributed by atoms with van der Waals surface area (Å²) in [6, 6.07) is 0. The van der Waals surface area contributed by atoms with Crippen LogP contribution < -0.4 is 0 Å². The molecule has 1 atom stereocenters. The summed E-state index contributed by atoms with van der Waals surface area (Å²) >= 11 is 1.65. The van der Waals surface area contributed by atoms with Gasteiger partial charge in [0, 0.05) is 11.9 Å². The Morgan fingerprint density at radius 2 is 1.85 bits per heavy atom. The summed E-state index contributed by atoms with van der Waals surface area (Å²) in [6.07, 6.45) is 4.46. The topological polar surface area (TPSA) is 20.3 Å². The monoisotopic (exact) mass is 223 g/mol. The zero-order valence-electron chi connectivity index (χ0n) is 9.25. The van der Waals surface area contributed by atoms with E-state index in [1.165, 1.54) is 19.3 Å². The Hall–Kier alpha value is 0.540. The largest absolute Gasteiger partial charge is 0.295 e. The molecule has 0 aromatic heterocycles. The van der Waals surface area contributed by atoms with Gasteiger partial charge in [-0.25, -0.2) is 0 Å². The second kappa shape index (κ2) is 6.92. The molecule has 0 fully saturated rings. The zero-order chi connectivity index (χ0) is 10.3. The molecular formula is C9H22NOPS. The lowest BCUT2D eigenvalue weighted by Gasteiger charge is -2.22. The van der Waals surface area contributed by atoms with Crippen molar-refractivity contribution >= 4 is 17.9 Å². The summed E-state index contributed by atoms with van der Waals surface area (Å²) in [5.41, 5.74) is 0. The molecule has 80 valence electrons. The van der Waals surface area contributed by atoms with Crippen LogP contribution in [0.3, 0.4) is 0 Å². The van der Waals surface area contributed by atoms with E-state index in [4.69, 9.17) is 0 Å². The van der Waals surface area contributed by atoms with Crippen LogP contribution in [0.15, 0.2) is 0 Å². The lowest BCUT2D eigenvalue weighted by Crippen LogP contribution is -2.07. The van der Waals surface area contributed by atoms with Gasteiger partial charge >= 0.3 is 0 Å². The van der Waals surface area contributed by atoms with Crippen LogP contribution in [0.25, 0.3) is 0 Å². The molecule has 1 unspecified atom stereocenters. The number of nitrogens with zero attached hydrogens (tertiary/aromatic N) is 1. The summed E-state index contributed by atoms with van der Waals surface area (Å²) in [6.45, 7) is 2.14. The predicted molar refractivity (Wildman–Crippen MR) is 63.8 cm³/mol. The van der Waals surface area contributed by atoms with Crippen LogP contribution >= 0.6 is 17.9 Å². The number of hydrogen-bond acceptors (Lipinski definition) is 2. The first-order chi connectivity index (χ1) is 6.06. The molecular weight excluding hydrogens is 201 g/mol. The van der Waals surface area contributed by atoms with E-state index >= 15 is 0 Å². The molecule has 0 heterocycles. The van der Waals surface area contributed by atoms with Crippen molar-refractivity contribution in [1.29, 1.82) is 0 Å². The molecule has 13 heavy (non-hydrogen) atoms. The van der Waals surface area contributed by atoms with Crippen LogP contribution in [-0.4, -0.2) is 30.7 Å². The molecule has 4 heteroatoms. The van der Waals surface area contributed by atoms with Gasteiger partial charge in [0.05, 0.1) is 0 Å². The van der Waals surface area contributed by atoms with Crippen molar-refractivity contribution in [1.82, 2.24) is 4.67 Å². The van der Waals surface area contributed by atoms with Crippen molar-refractivity contribution < 1.29 is 4.57 Å². The molecule has 0 saturated heterocycles. The Morgan fingerprint density at radius 1 is 1.23 bits per heavy atom. The van der Waals surface area contributed by atoms with Crippen LogP contribution in [0.4, 0.5) is 0 Å². The summed E-state index contributed by atoms with van der Waals surface area (Å²) in [4.78, 5) is 0. The van der Waals surface area contributed by atoms with Crippen LogP contribution in [0, 0.1) is 0 Å². The van der Waals surface area contributed by atoms with E-state index in [1.807, 2.05) is 25.7 Å². The van der Waals surface area contributed by atoms with E-state index in [0.29, 0.717) is 0 Å². The van der Waals surface area contributed by atoms with Crippen LogP contribution in [0.1, 0.15) is 33.1 Å². The van der Waals surface area contributed by atoms with Gasteiger partial charge in [0.1, 0.15) is 0 Å². The summed E-state index contributed by atoms with van der Waals surface area (Å²) < 4.78 is 14.0. The van der Waals surface area contributed by atoms with Crippen molar-refractivity contribution in [2.24, 2.45) is 0 Å². The SMILES string of the molecule is CCCCCSP(=O)(CC)N(C)C. The number of rotatable bonds is 7. The molecule has 0 rings (SSSR count). The summed E-state index contributed by atoms with van der Waals surface area (Å²) in [7, 11) is 3.83. The van der Waals surface area contributed by atoms with Crippen molar-refractivity contribution in [3.63, 3.8) is 0 Å². The molecule has 0 aliphatic carbocycles. The highest BCUT2D eigenvalue weighted by atomic mass is 32.7. The maximum atomic E-state index is 12.1. The molecule has 0 aromatic rings. The van der Waals surface area contributed by atoms with Crippen molar-refractivity contribution in [3.8, 4) is 0 Å². The number of hydrogen-bond donors (Lipinski definition) is 0. The highest BCUT2D eigenvalue weighted by Crippen LogP contribution is 2.59. The standard InChI is InChI=1S/C9H22NOPS/c1-5-7-8-9-13-12(11,6-2)10(3)4/h5-9H2,1-4H3. The van der Waals surface area contributed by atoms with Gasteiger partial charge in [0.25, 0.3) is 0 Å². The first-order valence-electron chi connectivity index (χ1n) is 4.98. The normalized spacial score (nSPS) is 16.1. The Balaban J connectivity index is 3.78. The molecule has 0 bridgehead atoms. The quantitative estimate of drug-likeness (QED) is 0.485. The minimum Gasteiger partial charge on any atom is -0.295 e. The average molecular weight is 223 g/mol. The van der Waals surface area contributed by atoms with Gasteiger partial charge in [-0.05, 0) is 20.5 Å². The Bertz CT molecular complexity index is 173. The number of unbranched alkanes of at least 4 members (excludes halogenated alkanes) is 2. The van der Waals surface area contributed by atoms with Gasteiger partial charge in [-0.3, -0.25) is 9.24 Å². The molecule has 0 amide bonds. The van der Waals surface area contributed by atoms with Gasteiger partial charge in [0.15, 0.2) is 0 Å². The second-order valence-electron chi connectivity index (χ2n) is 3.34. The van der Waals surface area contributed by atoms with Crippen molar-refractivity contribution in [3.05, 3.63) is 0 Å². The smallest absolute Gasteiger partial charge is 0.202 e. The minimum atomic E-state index is -2.06. The third-order valence-electron chi connectivity index (χ3n) is 2.05. The Morgan fingerprint density at radius 3 is 2.23 bits per heavy atom. The Kier molecular flexibility index (Phi) is 7.20. The lowest BCUT2D eigenvalue weighted by molar-refractivity contribution is 0.531. The summed E-state index contributed by atoms with van der Waals surface area (Å²) in [5.74, 6) is 1.04. The molecule has 0 spiro atoms. The van der Waals surface area contributed by atoms with Crippen LogP contribution in [0.5, 0.6) is 0 Å². The molecule has 0 aromatic carbocycles. The van der Waals surface area contributed by atoms with Crippen molar-refractivity contribution in [2.75, 3.05) is 26.0 Å². The van der Waals surface area contributed by atoms with Gasteiger partial charge in [0.2, 0.25) is 6.49 Å². The van der Waals surface area contributed by atoms with Crippen LogP contribution in [-0.2, 0) is 4.57 Å². The first-order valence-corrected chi connectivity index (χ1v) is 8.41. The van der Waals surface area contributed by atoms with Gasteiger partial charge in [-0.2, -0.15) is 0 Å². The van der Waals surface area contributed by atoms with E-state index in [-0.39, 0.29) is 0 Å². The van der Waals surface area contributed by atoms with Gasteiger partial charge in [-0.15, -0.1) is 0 Å².